The van der Waals surface area contributed by atoms with Gasteiger partial charge >= 0.3 is 0 Å². The minimum atomic E-state index is -0.325. The number of aromatic nitrogens is 2. The third-order valence-corrected chi connectivity index (χ3v) is 5.00. The first-order valence-corrected chi connectivity index (χ1v) is 9.53. The lowest BCUT2D eigenvalue weighted by Crippen LogP contribution is -2.38. The number of carbonyl (C=O) groups excluding carboxylic acids is 1. The molecule has 0 aliphatic carbocycles. The van der Waals surface area contributed by atoms with Gasteiger partial charge in [-0.1, -0.05) is 6.07 Å². The van der Waals surface area contributed by atoms with Crippen molar-refractivity contribution >= 4 is 17.2 Å². The van der Waals surface area contributed by atoms with Gasteiger partial charge in [0.15, 0.2) is 0 Å². The molecule has 26 heavy (non-hydrogen) atoms. The SMILES string of the molecule is O=C(NCCc1ccncc1)[C@@H](NCCc1ccncc1)c1cccs1. The zero-order valence-electron chi connectivity index (χ0n) is 14.5. The molecule has 3 aromatic rings. The molecule has 0 fully saturated rings. The van der Waals surface area contributed by atoms with E-state index in [9.17, 15) is 4.79 Å². The van der Waals surface area contributed by atoms with Crippen molar-refractivity contribution in [3.05, 3.63) is 82.6 Å². The summed E-state index contributed by atoms with van der Waals surface area (Å²) in [7, 11) is 0. The summed E-state index contributed by atoms with van der Waals surface area (Å²) in [6, 6.07) is 11.6. The number of thiophene rings is 1. The molecule has 3 rings (SSSR count). The van der Waals surface area contributed by atoms with Gasteiger partial charge in [0.1, 0.15) is 6.04 Å². The number of nitrogens with zero attached hydrogens (tertiary/aromatic N) is 2. The Balaban J connectivity index is 1.52. The Morgan fingerprint density at radius 2 is 1.54 bits per heavy atom. The molecule has 3 heterocycles. The fourth-order valence-electron chi connectivity index (χ4n) is 2.67. The highest BCUT2D eigenvalue weighted by atomic mass is 32.1. The van der Waals surface area contributed by atoms with Crippen molar-refractivity contribution in [2.45, 2.75) is 18.9 Å². The molecule has 3 aromatic heterocycles. The van der Waals surface area contributed by atoms with Gasteiger partial charge in [-0.05, 0) is 59.7 Å². The van der Waals surface area contributed by atoms with Crippen molar-refractivity contribution in [2.75, 3.05) is 13.1 Å². The number of rotatable bonds is 9. The summed E-state index contributed by atoms with van der Waals surface area (Å²) in [6.45, 7) is 1.33. The van der Waals surface area contributed by atoms with Gasteiger partial charge < -0.3 is 10.6 Å². The first-order valence-electron chi connectivity index (χ1n) is 8.65. The normalized spacial score (nSPS) is 11.8. The van der Waals surface area contributed by atoms with Gasteiger partial charge in [-0.25, -0.2) is 0 Å². The average molecular weight is 366 g/mol. The molecule has 0 saturated carbocycles. The maximum Gasteiger partial charge on any atom is 0.242 e. The Bertz CT molecular complexity index is 778. The molecule has 0 spiro atoms. The van der Waals surface area contributed by atoms with Crippen LogP contribution in [0.1, 0.15) is 22.0 Å². The second kappa shape index (κ2) is 9.79. The molecule has 0 aliphatic heterocycles. The first-order chi connectivity index (χ1) is 12.8. The molecule has 134 valence electrons. The summed E-state index contributed by atoms with van der Waals surface area (Å²) < 4.78 is 0. The molecule has 0 bridgehead atoms. The van der Waals surface area contributed by atoms with E-state index in [-0.39, 0.29) is 11.9 Å². The van der Waals surface area contributed by atoms with Crippen LogP contribution < -0.4 is 10.6 Å². The summed E-state index contributed by atoms with van der Waals surface area (Å²) in [5.74, 6) is 0.0104. The topological polar surface area (TPSA) is 66.9 Å². The Labute approximate surface area is 157 Å². The van der Waals surface area contributed by atoms with Crippen LogP contribution in [0.5, 0.6) is 0 Å². The van der Waals surface area contributed by atoms with Crippen molar-refractivity contribution in [1.29, 1.82) is 0 Å². The Morgan fingerprint density at radius 1 is 0.923 bits per heavy atom. The summed E-state index contributed by atoms with van der Waals surface area (Å²) in [5.41, 5.74) is 2.37. The zero-order chi connectivity index (χ0) is 18.0. The zero-order valence-corrected chi connectivity index (χ0v) is 15.3. The highest BCUT2D eigenvalue weighted by Gasteiger charge is 2.20. The number of hydrogen-bond acceptors (Lipinski definition) is 5. The molecular formula is C20H22N4OS. The van der Waals surface area contributed by atoms with Gasteiger partial charge in [0.05, 0.1) is 0 Å². The molecule has 0 aliphatic rings. The Kier molecular flexibility index (Phi) is 6.87. The number of hydrogen-bond donors (Lipinski definition) is 2. The van der Waals surface area contributed by atoms with Crippen LogP contribution in [0.3, 0.4) is 0 Å². The lowest BCUT2D eigenvalue weighted by molar-refractivity contribution is -0.123. The molecule has 0 radical (unpaired) electrons. The van der Waals surface area contributed by atoms with E-state index in [0.29, 0.717) is 6.54 Å². The standard InChI is InChI=1S/C20H22N4OS/c25-20(24-14-8-17-5-11-22-12-6-17)19(18-2-1-15-26-18)23-13-7-16-3-9-21-10-4-16/h1-6,9-12,15,19,23H,7-8,13-14H2,(H,24,25)/t19-/m0/s1. The molecule has 6 heteroatoms. The van der Waals surface area contributed by atoms with E-state index in [1.807, 2.05) is 41.8 Å². The van der Waals surface area contributed by atoms with Gasteiger partial charge in [0.2, 0.25) is 5.91 Å². The minimum absolute atomic E-state index is 0.0104. The lowest BCUT2D eigenvalue weighted by atomic mass is 10.1. The van der Waals surface area contributed by atoms with Crippen LogP contribution in [0.15, 0.2) is 66.6 Å². The Morgan fingerprint density at radius 3 is 2.12 bits per heavy atom. The van der Waals surface area contributed by atoms with E-state index in [0.717, 1.165) is 24.3 Å². The van der Waals surface area contributed by atoms with Gasteiger partial charge in [-0.2, -0.15) is 0 Å². The van der Waals surface area contributed by atoms with Gasteiger partial charge in [-0.15, -0.1) is 11.3 Å². The summed E-state index contributed by atoms with van der Waals surface area (Å²) in [4.78, 5) is 21.8. The second-order valence-corrected chi connectivity index (χ2v) is 6.88. The molecule has 1 amide bonds. The van der Waals surface area contributed by atoms with Gasteiger partial charge in [0.25, 0.3) is 0 Å². The third-order valence-electron chi connectivity index (χ3n) is 4.06. The fourth-order valence-corrected chi connectivity index (χ4v) is 3.47. The van der Waals surface area contributed by atoms with Crippen molar-refractivity contribution in [3.63, 3.8) is 0 Å². The van der Waals surface area contributed by atoms with Crippen molar-refractivity contribution in [2.24, 2.45) is 0 Å². The van der Waals surface area contributed by atoms with Crippen LogP contribution in [0, 0.1) is 0 Å². The molecule has 0 aromatic carbocycles. The van der Waals surface area contributed by atoms with E-state index < -0.39 is 0 Å². The maximum atomic E-state index is 12.7. The lowest BCUT2D eigenvalue weighted by Gasteiger charge is -2.17. The van der Waals surface area contributed by atoms with E-state index >= 15 is 0 Å². The van der Waals surface area contributed by atoms with E-state index in [1.54, 1.807) is 36.1 Å². The number of nitrogens with one attached hydrogen (secondary N) is 2. The van der Waals surface area contributed by atoms with Crippen LogP contribution in [0.25, 0.3) is 0 Å². The third kappa shape index (κ3) is 5.47. The van der Waals surface area contributed by atoms with Crippen LogP contribution in [-0.2, 0) is 17.6 Å². The predicted molar refractivity (Wildman–Crippen MR) is 104 cm³/mol. The molecule has 5 nitrogen and oxygen atoms in total. The van der Waals surface area contributed by atoms with Gasteiger partial charge in [0, 0.05) is 42.8 Å². The minimum Gasteiger partial charge on any atom is -0.354 e. The first kappa shape index (κ1) is 18.2. The molecule has 1 atom stereocenters. The van der Waals surface area contributed by atoms with E-state index in [4.69, 9.17) is 0 Å². The second-order valence-electron chi connectivity index (χ2n) is 5.90. The van der Waals surface area contributed by atoms with E-state index in [2.05, 4.69) is 20.6 Å². The number of carbonyl (C=O) groups is 1. The molecular weight excluding hydrogens is 344 g/mol. The van der Waals surface area contributed by atoms with Crippen LogP contribution >= 0.6 is 11.3 Å². The van der Waals surface area contributed by atoms with E-state index in [1.165, 1.54) is 11.1 Å². The maximum absolute atomic E-state index is 12.7. The quantitative estimate of drug-likeness (QED) is 0.611. The fraction of sp³-hybridized carbons (Fsp3) is 0.250. The summed E-state index contributed by atoms with van der Waals surface area (Å²) in [6.07, 6.45) is 8.77. The van der Waals surface area contributed by atoms with Crippen molar-refractivity contribution < 1.29 is 4.79 Å². The van der Waals surface area contributed by atoms with Gasteiger partial charge in [-0.3, -0.25) is 14.8 Å². The summed E-state index contributed by atoms with van der Waals surface area (Å²) in [5, 5.41) is 8.43. The van der Waals surface area contributed by atoms with Crippen LogP contribution in [-0.4, -0.2) is 29.0 Å². The number of pyridine rings is 2. The van der Waals surface area contributed by atoms with Crippen molar-refractivity contribution in [1.82, 2.24) is 20.6 Å². The highest BCUT2D eigenvalue weighted by Crippen LogP contribution is 2.19. The average Bonchev–Trinajstić information content (AvgIpc) is 3.21. The number of amides is 1. The Hall–Kier alpha value is -2.57. The van der Waals surface area contributed by atoms with Crippen LogP contribution in [0.4, 0.5) is 0 Å². The predicted octanol–water partition coefficient (Wildman–Crippen LogP) is 2.77. The molecule has 0 saturated heterocycles. The molecule has 0 unspecified atom stereocenters. The largest absolute Gasteiger partial charge is 0.354 e. The van der Waals surface area contributed by atoms with Crippen LogP contribution in [0.2, 0.25) is 0 Å². The summed E-state index contributed by atoms with van der Waals surface area (Å²) >= 11 is 1.59. The molecule has 2 N–H and O–H groups in total. The van der Waals surface area contributed by atoms with Crippen molar-refractivity contribution in [3.8, 4) is 0 Å². The monoisotopic (exact) mass is 366 g/mol. The highest BCUT2D eigenvalue weighted by molar-refractivity contribution is 7.10. The smallest absolute Gasteiger partial charge is 0.242 e.